The third-order valence-corrected chi connectivity index (χ3v) is 3.70. The van der Waals surface area contributed by atoms with Crippen molar-refractivity contribution in [1.29, 1.82) is 0 Å². The summed E-state index contributed by atoms with van der Waals surface area (Å²) >= 11 is 0. The minimum Gasteiger partial charge on any atom is -0.347 e. The van der Waals surface area contributed by atoms with Gasteiger partial charge in [0, 0.05) is 35.8 Å². The van der Waals surface area contributed by atoms with Crippen LogP contribution < -0.4 is 5.32 Å². The molecule has 3 nitrogen and oxygen atoms in total. The molecular weight excluding hydrogens is 279 g/mol. The number of fused-ring (bicyclic) bond motifs is 1. The number of para-hydroxylation sites is 1. The van der Waals surface area contributed by atoms with Crippen LogP contribution in [0.25, 0.3) is 10.9 Å². The molecule has 0 atom stereocenters. The SMILES string of the molecule is Cc1cn(CCC(=O)Nc2ccc(F)cc2)c2ccccc12. The number of carbonyl (C=O) groups is 1. The molecule has 1 amide bonds. The summed E-state index contributed by atoms with van der Waals surface area (Å²) in [4.78, 5) is 12.0. The Kier molecular flexibility index (Phi) is 3.92. The summed E-state index contributed by atoms with van der Waals surface area (Å²) < 4.78 is 14.9. The topological polar surface area (TPSA) is 34.0 Å². The smallest absolute Gasteiger partial charge is 0.226 e. The molecule has 0 aliphatic carbocycles. The molecule has 0 saturated carbocycles. The Balaban J connectivity index is 1.66. The van der Waals surface area contributed by atoms with Crippen molar-refractivity contribution in [3.8, 4) is 0 Å². The fraction of sp³-hybridized carbons (Fsp3) is 0.167. The minimum absolute atomic E-state index is 0.0814. The Morgan fingerprint density at radius 1 is 1.14 bits per heavy atom. The lowest BCUT2D eigenvalue weighted by Gasteiger charge is -2.07. The van der Waals surface area contributed by atoms with Crippen LogP contribution >= 0.6 is 0 Å². The van der Waals surface area contributed by atoms with Crippen LogP contribution in [0.1, 0.15) is 12.0 Å². The summed E-state index contributed by atoms with van der Waals surface area (Å²) in [5.74, 6) is -0.394. The van der Waals surface area contributed by atoms with Gasteiger partial charge in [0.2, 0.25) is 5.91 Å². The van der Waals surface area contributed by atoms with E-state index in [9.17, 15) is 9.18 Å². The summed E-state index contributed by atoms with van der Waals surface area (Å²) in [6.45, 7) is 2.68. The van der Waals surface area contributed by atoms with Crippen molar-refractivity contribution in [3.05, 3.63) is 66.1 Å². The number of nitrogens with zero attached hydrogens (tertiary/aromatic N) is 1. The lowest BCUT2D eigenvalue weighted by atomic mass is 10.2. The van der Waals surface area contributed by atoms with E-state index in [4.69, 9.17) is 0 Å². The maximum Gasteiger partial charge on any atom is 0.226 e. The second kappa shape index (κ2) is 6.02. The molecule has 0 saturated heterocycles. The highest BCUT2D eigenvalue weighted by Gasteiger charge is 2.07. The lowest BCUT2D eigenvalue weighted by Crippen LogP contribution is -2.14. The number of aryl methyl sites for hydroxylation is 2. The molecule has 0 spiro atoms. The van der Waals surface area contributed by atoms with E-state index >= 15 is 0 Å². The molecule has 2 aromatic carbocycles. The van der Waals surface area contributed by atoms with Gasteiger partial charge < -0.3 is 9.88 Å². The number of hydrogen-bond acceptors (Lipinski definition) is 1. The van der Waals surface area contributed by atoms with Gasteiger partial charge in [-0.25, -0.2) is 4.39 Å². The van der Waals surface area contributed by atoms with Crippen molar-refractivity contribution >= 4 is 22.5 Å². The van der Waals surface area contributed by atoms with E-state index in [1.807, 2.05) is 12.1 Å². The van der Waals surface area contributed by atoms with E-state index in [2.05, 4.69) is 35.1 Å². The second-order valence-corrected chi connectivity index (χ2v) is 5.33. The van der Waals surface area contributed by atoms with Gasteiger partial charge in [0.25, 0.3) is 0 Å². The predicted molar refractivity (Wildman–Crippen MR) is 86.3 cm³/mol. The maximum atomic E-state index is 12.8. The molecule has 1 N–H and O–H groups in total. The zero-order valence-corrected chi connectivity index (χ0v) is 12.3. The number of benzene rings is 2. The fourth-order valence-electron chi connectivity index (χ4n) is 2.59. The second-order valence-electron chi connectivity index (χ2n) is 5.33. The molecule has 1 heterocycles. The average molecular weight is 296 g/mol. The van der Waals surface area contributed by atoms with Crippen LogP contribution in [0.15, 0.2) is 54.7 Å². The third-order valence-electron chi connectivity index (χ3n) is 3.70. The van der Waals surface area contributed by atoms with Crippen LogP contribution in [-0.2, 0) is 11.3 Å². The zero-order valence-electron chi connectivity index (χ0n) is 12.3. The molecule has 22 heavy (non-hydrogen) atoms. The molecule has 112 valence electrons. The quantitative estimate of drug-likeness (QED) is 0.772. The number of anilines is 1. The first-order valence-corrected chi connectivity index (χ1v) is 7.23. The maximum absolute atomic E-state index is 12.8. The van der Waals surface area contributed by atoms with Crippen molar-refractivity contribution in [3.63, 3.8) is 0 Å². The molecular formula is C18H17FN2O. The summed E-state index contributed by atoms with van der Waals surface area (Å²) in [5.41, 5.74) is 2.95. The van der Waals surface area contributed by atoms with Gasteiger partial charge in [-0.2, -0.15) is 0 Å². The first-order chi connectivity index (χ1) is 10.6. The van der Waals surface area contributed by atoms with Crippen LogP contribution in [-0.4, -0.2) is 10.5 Å². The van der Waals surface area contributed by atoms with Crippen molar-refractivity contribution in [2.75, 3.05) is 5.32 Å². The Bertz CT molecular complexity index is 806. The van der Waals surface area contributed by atoms with E-state index in [0.29, 0.717) is 18.7 Å². The number of hydrogen-bond donors (Lipinski definition) is 1. The average Bonchev–Trinajstić information content (AvgIpc) is 2.85. The van der Waals surface area contributed by atoms with Gasteiger partial charge in [-0.05, 0) is 42.8 Å². The molecule has 3 aromatic rings. The summed E-state index contributed by atoms with van der Waals surface area (Å²) in [7, 11) is 0. The molecule has 0 radical (unpaired) electrons. The molecule has 3 rings (SSSR count). The number of halogens is 1. The van der Waals surface area contributed by atoms with Gasteiger partial charge >= 0.3 is 0 Å². The zero-order chi connectivity index (χ0) is 15.5. The molecule has 1 aromatic heterocycles. The number of amides is 1. The Morgan fingerprint density at radius 2 is 1.86 bits per heavy atom. The van der Waals surface area contributed by atoms with Crippen molar-refractivity contribution in [2.24, 2.45) is 0 Å². The van der Waals surface area contributed by atoms with E-state index in [1.165, 1.54) is 23.1 Å². The largest absolute Gasteiger partial charge is 0.347 e. The van der Waals surface area contributed by atoms with Crippen LogP contribution in [0.2, 0.25) is 0 Å². The minimum atomic E-state index is -0.313. The molecule has 0 aliphatic heterocycles. The fourth-order valence-corrected chi connectivity index (χ4v) is 2.59. The number of carbonyl (C=O) groups excluding carboxylic acids is 1. The Hall–Kier alpha value is -2.62. The highest BCUT2D eigenvalue weighted by Crippen LogP contribution is 2.20. The van der Waals surface area contributed by atoms with Crippen LogP contribution in [0.3, 0.4) is 0 Å². The van der Waals surface area contributed by atoms with Gasteiger partial charge in [0.15, 0.2) is 0 Å². The van der Waals surface area contributed by atoms with E-state index < -0.39 is 0 Å². The van der Waals surface area contributed by atoms with Crippen LogP contribution in [0, 0.1) is 12.7 Å². The van der Waals surface area contributed by atoms with Gasteiger partial charge in [-0.3, -0.25) is 4.79 Å². The monoisotopic (exact) mass is 296 g/mol. The summed E-state index contributed by atoms with van der Waals surface area (Å²) in [5, 5.41) is 3.98. The normalized spacial score (nSPS) is 10.8. The Morgan fingerprint density at radius 3 is 2.64 bits per heavy atom. The van der Waals surface area contributed by atoms with Crippen molar-refractivity contribution in [2.45, 2.75) is 19.9 Å². The standard InChI is InChI=1S/C18H17FN2O/c1-13-12-21(17-5-3-2-4-16(13)17)11-10-18(22)20-15-8-6-14(19)7-9-15/h2-9,12H,10-11H2,1H3,(H,20,22). The van der Waals surface area contributed by atoms with Crippen molar-refractivity contribution < 1.29 is 9.18 Å². The lowest BCUT2D eigenvalue weighted by molar-refractivity contribution is -0.116. The van der Waals surface area contributed by atoms with Gasteiger partial charge in [0.05, 0.1) is 0 Å². The molecule has 0 fully saturated rings. The van der Waals surface area contributed by atoms with Gasteiger partial charge in [-0.15, -0.1) is 0 Å². The van der Waals surface area contributed by atoms with E-state index in [-0.39, 0.29) is 11.7 Å². The van der Waals surface area contributed by atoms with Gasteiger partial charge in [0.1, 0.15) is 5.82 Å². The highest BCUT2D eigenvalue weighted by molar-refractivity contribution is 5.91. The number of rotatable bonds is 4. The molecule has 0 aliphatic rings. The highest BCUT2D eigenvalue weighted by atomic mass is 19.1. The number of nitrogens with one attached hydrogen (secondary N) is 1. The van der Waals surface area contributed by atoms with Gasteiger partial charge in [-0.1, -0.05) is 18.2 Å². The summed E-state index contributed by atoms with van der Waals surface area (Å²) in [6, 6.07) is 13.9. The van der Waals surface area contributed by atoms with E-state index in [0.717, 1.165) is 5.52 Å². The predicted octanol–water partition coefficient (Wildman–Crippen LogP) is 4.12. The number of aromatic nitrogens is 1. The van der Waals surface area contributed by atoms with Crippen molar-refractivity contribution in [1.82, 2.24) is 4.57 Å². The third kappa shape index (κ3) is 3.01. The molecule has 0 unspecified atom stereocenters. The van der Waals surface area contributed by atoms with Crippen LogP contribution in [0.5, 0.6) is 0 Å². The molecule has 4 heteroatoms. The Labute approximate surface area is 128 Å². The summed E-state index contributed by atoms with van der Waals surface area (Å²) in [6.07, 6.45) is 2.44. The van der Waals surface area contributed by atoms with Crippen LogP contribution in [0.4, 0.5) is 10.1 Å². The van der Waals surface area contributed by atoms with E-state index in [1.54, 1.807) is 12.1 Å². The molecule has 0 bridgehead atoms. The first-order valence-electron chi connectivity index (χ1n) is 7.23. The first kappa shape index (κ1) is 14.3.